The van der Waals surface area contributed by atoms with E-state index < -0.39 is 0 Å². The van der Waals surface area contributed by atoms with Crippen LogP contribution in [0.5, 0.6) is 11.5 Å². The molecule has 1 aromatic rings. The zero-order chi connectivity index (χ0) is 15.4. The Bertz CT molecular complexity index is 491. The third-order valence-electron chi connectivity index (χ3n) is 5.17. The van der Waals surface area contributed by atoms with Crippen molar-refractivity contribution in [3.63, 3.8) is 0 Å². The Morgan fingerprint density at radius 1 is 1.23 bits per heavy atom. The lowest BCUT2D eigenvalue weighted by Gasteiger charge is -2.31. The molecule has 2 fully saturated rings. The highest BCUT2D eigenvalue weighted by Gasteiger charge is 2.37. The van der Waals surface area contributed by atoms with Crippen LogP contribution in [-0.2, 0) is 10.2 Å². The molecule has 22 heavy (non-hydrogen) atoms. The van der Waals surface area contributed by atoms with Gasteiger partial charge in [0.2, 0.25) is 0 Å². The molecule has 1 aliphatic heterocycles. The predicted molar refractivity (Wildman–Crippen MR) is 86.7 cm³/mol. The minimum Gasteiger partial charge on any atom is -0.493 e. The van der Waals surface area contributed by atoms with Crippen LogP contribution >= 0.6 is 0 Å². The van der Waals surface area contributed by atoms with E-state index in [-0.39, 0.29) is 11.5 Å². The molecule has 2 N–H and O–H groups in total. The van der Waals surface area contributed by atoms with E-state index in [0.717, 1.165) is 50.4 Å². The van der Waals surface area contributed by atoms with Gasteiger partial charge in [-0.05, 0) is 18.9 Å². The molecule has 0 amide bonds. The van der Waals surface area contributed by atoms with Gasteiger partial charge in [-0.15, -0.1) is 0 Å². The van der Waals surface area contributed by atoms with Crippen LogP contribution in [-0.4, -0.2) is 33.0 Å². The molecule has 2 aliphatic rings. The van der Waals surface area contributed by atoms with Gasteiger partial charge in [0, 0.05) is 30.4 Å². The normalized spacial score (nSPS) is 21.7. The largest absolute Gasteiger partial charge is 0.493 e. The second-order valence-corrected chi connectivity index (χ2v) is 6.46. The molecule has 0 aromatic heterocycles. The standard InChI is InChI=1S/C18H27NO3/c1-20-17-15(18(13-19)9-2-3-10-18)5-4-6-16(17)22-14-7-11-21-12-8-14/h4-6,14H,2-3,7-13,19H2,1H3. The Labute approximate surface area is 132 Å². The second-order valence-electron chi connectivity index (χ2n) is 6.46. The average molecular weight is 305 g/mol. The fourth-order valence-electron chi connectivity index (χ4n) is 3.85. The van der Waals surface area contributed by atoms with Crippen molar-refractivity contribution in [2.24, 2.45) is 5.73 Å². The van der Waals surface area contributed by atoms with Crippen molar-refractivity contribution in [2.75, 3.05) is 26.9 Å². The van der Waals surface area contributed by atoms with Crippen molar-refractivity contribution in [3.8, 4) is 11.5 Å². The molecule has 1 saturated carbocycles. The quantitative estimate of drug-likeness (QED) is 0.908. The first-order valence-electron chi connectivity index (χ1n) is 8.41. The summed E-state index contributed by atoms with van der Waals surface area (Å²) >= 11 is 0. The van der Waals surface area contributed by atoms with Gasteiger partial charge in [0.25, 0.3) is 0 Å². The first kappa shape index (κ1) is 15.6. The molecule has 1 heterocycles. The Hall–Kier alpha value is -1.26. The lowest BCUT2D eigenvalue weighted by molar-refractivity contribution is 0.0244. The number of ether oxygens (including phenoxy) is 3. The molecule has 0 radical (unpaired) electrons. The molecular weight excluding hydrogens is 278 g/mol. The van der Waals surface area contributed by atoms with Crippen LogP contribution in [0.25, 0.3) is 0 Å². The smallest absolute Gasteiger partial charge is 0.164 e. The highest BCUT2D eigenvalue weighted by Crippen LogP contribution is 2.47. The minimum atomic E-state index is 0.0559. The van der Waals surface area contributed by atoms with Crippen molar-refractivity contribution in [2.45, 2.75) is 50.0 Å². The summed E-state index contributed by atoms with van der Waals surface area (Å²) in [5.41, 5.74) is 7.42. The molecule has 1 aliphatic carbocycles. The summed E-state index contributed by atoms with van der Waals surface area (Å²) in [6, 6.07) is 6.24. The van der Waals surface area contributed by atoms with E-state index >= 15 is 0 Å². The van der Waals surface area contributed by atoms with E-state index in [4.69, 9.17) is 19.9 Å². The number of hydrogen-bond donors (Lipinski definition) is 1. The third-order valence-corrected chi connectivity index (χ3v) is 5.17. The van der Waals surface area contributed by atoms with Gasteiger partial charge in [0.15, 0.2) is 11.5 Å². The number of para-hydroxylation sites is 1. The van der Waals surface area contributed by atoms with Crippen LogP contribution in [0.15, 0.2) is 18.2 Å². The zero-order valence-electron chi connectivity index (χ0n) is 13.5. The maximum atomic E-state index is 6.22. The summed E-state index contributed by atoms with van der Waals surface area (Å²) in [6.45, 7) is 2.23. The van der Waals surface area contributed by atoms with Crippen LogP contribution in [0.1, 0.15) is 44.1 Å². The van der Waals surface area contributed by atoms with Gasteiger partial charge < -0.3 is 19.9 Å². The monoisotopic (exact) mass is 305 g/mol. The molecule has 0 spiro atoms. The van der Waals surface area contributed by atoms with Crippen LogP contribution in [0, 0.1) is 0 Å². The molecule has 0 unspecified atom stereocenters. The van der Waals surface area contributed by atoms with E-state index in [1.54, 1.807) is 7.11 Å². The molecule has 4 nitrogen and oxygen atoms in total. The fraction of sp³-hybridized carbons (Fsp3) is 0.667. The summed E-state index contributed by atoms with van der Waals surface area (Å²) in [6.07, 6.45) is 6.86. The minimum absolute atomic E-state index is 0.0559. The molecule has 0 bridgehead atoms. The lowest BCUT2D eigenvalue weighted by Crippen LogP contribution is -2.32. The summed E-state index contributed by atoms with van der Waals surface area (Å²) < 4.78 is 17.4. The van der Waals surface area contributed by atoms with E-state index in [9.17, 15) is 0 Å². The van der Waals surface area contributed by atoms with Crippen LogP contribution in [0.2, 0.25) is 0 Å². The van der Waals surface area contributed by atoms with Crippen molar-refractivity contribution in [1.82, 2.24) is 0 Å². The molecule has 122 valence electrons. The Kier molecular flexibility index (Phi) is 4.89. The Balaban J connectivity index is 1.89. The topological polar surface area (TPSA) is 53.7 Å². The maximum Gasteiger partial charge on any atom is 0.164 e. The van der Waals surface area contributed by atoms with Crippen LogP contribution in [0.3, 0.4) is 0 Å². The first-order valence-corrected chi connectivity index (χ1v) is 8.41. The van der Waals surface area contributed by atoms with Gasteiger partial charge in [-0.25, -0.2) is 0 Å². The summed E-state index contributed by atoms with van der Waals surface area (Å²) in [7, 11) is 1.73. The molecule has 4 heteroatoms. The summed E-state index contributed by atoms with van der Waals surface area (Å²) in [4.78, 5) is 0. The highest BCUT2D eigenvalue weighted by atomic mass is 16.5. The van der Waals surface area contributed by atoms with Crippen LogP contribution in [0.4, 0.5) is 0 Å². The van der Waals surface area contributed by atoms with Crippen molar-refractivity contribution < 1.29 is 14.2 Å². The van der Waals surface area contributed by atoms with Gasteiger partial charge in [-0.1, -0.05) is 25.0 Å². The number of rotatable bonds is 5. The molecule has 1 saturated heterocycles. The van der Waals surface area contributed by atoms with Gasteiger partial charge in [0.1, 0.15) is 6.10 Å². The van der Waals surface area contributed by atoms with E-state index in [1.165, 1.54) is 18.4 Å². The summed E-state index contributed by atoms with van der Waals surface area (Å²) in [5.74, 6) is 1.73. The molecule has 1 aromatic carbocycles. The van der Waals surface area contributed by atoms with E-state index in [0.29, 0.717) is 6.54 Å². The predicted octanol–water partition coefficient (Wildman–Crippen LogP) is 3.02. The number of hydrogen-bond acceptors (Lipinski definition) is 4. The van der Waals surface area contributed by atoms with Crippen LogP contribution < -0.4 is 15.2 Å². The maximum absolute atomic E-state index is 6.22. The van der Waals surface area contributed by atoms with E-state index in [2.05, 4.69) is 12.1 Å². The van der Waals surface area contributed by atoms with Gasteiger partial charge in [-0.3, -0.25) is 0 Å². The second kappa shape index (κ2) is 6.88. The first-order chi connectivity index (χ1) is 10.8. The highest BCUT2D eigenvalue weighted by molar-refractivity contribution is 5.51. The summed E-state index contributed by atoms with van der Waals surface area (Å²) in [5, 5.41) is 0. The Morgan fingerprint density at radius 2 is 1.95 bits per heavy atom. The van der Waals surface area contributed by atoms with Crippen molar-refractivity contribution in [3.05, 3.63) is 23.8 Å². The molecular formula is C18H27NO3. The van der Waals surface area contributed by atoms with Crippen molar-refractivity contribution in [1.29, 1.82) is 0 Å². The van der Waals surface area contributed by atoms with Gasteiger partial charge in [0.05, 0.1) is 20.3 Å². The van der Waals surface area contributed by atoms with Gasteiger partial charge in [-0.2, -0.15) is 0 Å². The third kappa shape index (κ3) is 2.95. The number of methoxy groups -OCH3 is 1. The average Bonchev–Trinajstić information content (AvgIpc) is 3.06. The number of benzene rings is 1. The fourth-order valence-corrected chi connectivity index (χ4v) is 3.85. The molecule has 3 rings (SSSR count). The van der Waals surface area contributed by atoms with Crippen molar-refractivity contribution >= 4 is 0 Å². The Morgan fingerprint density at radius 3 is 2.59 bits per heavy atom. The van der Waals surface area contributed by atoms with E-state index in [1.807, 2.05) is 6.07 Å². The lowest BCUT2D eigenvalue weighted by atomic mass is 9.78. The SMILES string of the molecule is COc1c(OC2CCOCC2)cccc1C1(CN)CCCC1. The zero-order valence-corrected chi connectivity index (χ0v) is 13.5. The molecule has 0 atom stereocenters. The number of nitrogens with two attached hydrogens (primary N) is 1. The van der Waals surface area contributed by atoms with Gasteiger partial charge >= 0.3 is 0 Å².